The second kappa shape index (κ2) is 4.99. The van der Waals surface area contributed by atoms with Crippen molar-refractivity contribution in [2.24, 2.45) is 5.41 Å². The minimum atomic E-state index is -0.518. The molecule has 1 rings (SSSR count). The number of rotatable bonds is 6. The van der Waals surface area contributed by atoms with Crippen LogP contribution in [0.15, 0.2) is 17.9 Å². The molecule has 0 amide bonds. The van der Waals surface area contributed by atoms with E-state index in [4.69, 9.17) is 4.74 Å². The summed E-state index contributed by atoms with van der Waals surface area (Å²) in [5, 5.41) is 0. The molecular formula is C14H20O3. The van der Waals surface area contributed by atoms with Crippen molar-refractivity contribution in [2.75, 3.05) is 6.61 Å². The lowest BCUT2D eigenvalue weighted by atomic mass is 9.84. The van der Waals surface area contributed by atoms with Gasteiger partial charge in [0.25, 0.3) is 0 Å². The molecule has 1 aliphatic rings. The number of epoxide rings is 1. The van der Waals surface area contributed by atoms with Gasteiger partial charge in [0.15, 0.2) is 11.6 Å². The zero-order valence-corrected chi connectivity index (χ0v) is 11.0. The van der Waals surface area contributed by atoms with Crippen molar-refractivity contribution in [3.05, 3.63) is 17.9 Å². The van der Waals surface area contributed by atoms with Gasteiger partial charge in [-0.05, 0) is 38.2 Å². The van der Waals surface area contributed by atoms with E-state index in [2.05, 4.69) is 19.6 Å². The van der Waals surface area contributed by atoms with Gasteiger partial charge in [-0.3, -0.25) is 9.59 Å². The molecule has 0 aromatic rings. The SMILES string of the molecule is CC(=O)C=C=CC(C)(C)CCC1(C(C)=O)CO1. The summed E-state index contributed by atoms with van der Waals surface area (Å²) in [6.45, 7) is 7.74. The topological polar surface area (TPSA) is 46.7 Å². The Morgan fingerprint density at radius 1 is 1.41 bits per heavy atom. The Kier molecular flexibility index (Phi) is 4.07. The molecule has 1 saturated heterocycles. The van der Waals surface area contributed by atoms with Gasteiger partial charge in [-0.15, -0.1) is 5.73 Å². The standard InChI is InChI=1S/C14H20O3/c1-11(15)6-5-7-13(3,4)8-9-14(10-17-14)12(2)16/h6-7H,8-10H2,1-4H3. The zero-order valence-electron chi connectivity index (χ0n) is 11.0. The summed E-state index contributed by atoms with van der Waals surface area (Å²) in [5.41, 5.74) is 2.28. The lowest BCUT2D eigenvalue weighted by molar-refractivity contribution is -0.122. The van der Waals surface area contributed by atoms with Crippen LogP contribution in [0.25, 0.3) is 0 Å². The summed E-state index contributed by atoms with van der Waals surface area (Å²) in [7, 11) is 0. The summed E-state index contributed by atoms with van der Waals surface area (Å²) in [6, 6.07) is 0. The van der Waals surface area contributed by atoms with Gasteiger partial charge in [0.1, 0.15) is 5.60 Å². The van der Waals surface area contributed by atoms with E-state index in [-0.39, 0.29) is 17.0 Å². The van der Waals surface area contributed by atoms with Crippen LogP contribution >= 0.6 is 0 Å². The Labute approximate surface area is 103 Å². The highest BCUT2D eigenvalue weighted by atomic mass is 16.6. The van der Waals surface area contributed by atoms with Gasteiger partial charge in [-0.25, -0.2) is 0 Å². The molecule has 1 unspecified atom stereocenters. The average Bonchev–Trinajstić information content (AvgIpc) is 2.94. The van der Waals surface area contributed by atoms with Crippen molar-refractivity contribution in [3.63, 3.8) is 0 Å². The van der Waals surface area contributed by atoms with Crippen LogP contribution in [0.5, 0.6) is 0 Å². The zero-order chi connectivity index (χ0) is 13.1. The summed E-state index contributed by atoms with van der Waals surface area (Å²) >= 11 is 0. The summed E-state index contributed by atoms with van der Waals surface area (Å²) in [5.74, 6) is 0.0966. The molecule has 3 heteroatoms. The summed E-state index contributed by atoms with van der Waals surface area (Å²) in [4.78, 5) is 22.1. The molecular weight excluding hydrogens is 216 g/mol. The normalized spacial score (nSPS) is 22.6. The van der Waals surface area contributed by atoms with Crippen LogP contribution in [0, 0.1) is 5.41 Å². The molecule has 0 aliphatic carbocycles. The van der Waals surface area contributed by atoms with Crippen molar-refractivity contribution >= 4 is 11.6 Å². The van der Waals surface area contributed by atoms with E-state index in [1.165, 1.54) is 13.0 Å². The minimum Gasteiger partial charge on any atom is -0.361 e. The molecule has 1 heterocycles. The first-order valence-electron chi connectivity index (χ1n) is 5.87. The third-order valence-electron chi connectivity index (χ3n) is 3.07. The smallest absolute Gasteiger partial charge is 0.163 e. The quantitative estimate of drug-likeness (QED) is 0.404. The molecule has 0 bridgehead atoms. The van der Waals surface area contributed by atoms with Crippen LogP contribution in [-0.4, -0.2) is 23.8 Å². The fraction of sp³-hybridized carbons (Fsp3) is 0.643. The second-order valence-electron chi connectivity index (χ2n) is 5.39. The summed E-state index contributed by atoms with van der Waals surface area (Å²) in [6.07, 6.45) is 4.87. The maximum absolute atomic E-state index is 11.3. The highest BCUT2D eigenvalue weighted by molar-refractivity contribution is 5.87. The number of Topliss-reactive ketones (excluding diaryl/α,β-unsaturated/α-hetero) is 1. The molecule has 0 spiro atoms. The van der Waals surface area contributed by atoms with E-state index in [0.29, 0.717) is 6.61 Å². The van der Waals surface area contributed by atoms with E-state index in [1.54, 1.807) is 6.92 Å². The van der Waals surface area contributed by atoms with Crippen molar-refractivity contribution in [2.45, 2.75) is 46.1 Å². The molecule has 0 aromatic heterocycles. The van der Waals surface area contributed by atoms with Crippen LogP contribution in [0.2, 0.25) is 0 Å². The number of allylic oxidation sites excluding steroid dienone is 1. The Morgan fingerprint density at radius 2 is 2.00 bits per heavy atom. The molecule has 3 nitrogen and oxygen atoms in total. The van der Waals surface area contributed by atoms with Crippen molar-refractivity contribution in [3.8, 4) is 0 Å². The van der Waals surface area contributed by atoms with Gasteiger partial charge in [-0.1, -0.05) is 13.8 Å². The van der Waals surface area contributed by atoms with E-state index < -0.39 is 5.60 Å². The van der Waals surface area contributed by atoms with E-state index >= 15 is 0 Å². The molecule has 0 aromatic carbocycles. The molecule has 1 fully saturated rings. The van der Waals surface area contributed by atoms with E-state index in [1.807, 2.05) is 6.08 Å². The molecule has 94 valence electrons. The highest BCUT2D eigenvalue weighted by Crippen LogP contribution is 2.37. The van der Waals surface area contributed by atoms with Crippen molar-refractivity contribution in [1.29, 1.82) is 0 Å². The van der Waals surface area contributed by atoms with Gasteiger partial charge in [0, 0.05) is 6.08 Å². The minimum absolute atomic E-state index is 0.0113. The van der Waals surface area contributed by atoms with Gasteiger partial charge in [0.2, 0.25) is 0 Å². The largest absolute Gasteiger partial charge is 0.361 e. The number of hydrogen-bond donors (Lipinski definition) is 0. The Bertz CT molecular complexity index is 380. The first kappa shape index (κ1) is 13.9. The number of ether oxygens (including phenoxy) is 1. The molecule has 1 aliphatic heterocycles. The number of carbonyl (C=O) groups excluding carboxylic acids is 2. The summed E-state index contributed by atoms with van der Waals surface area (Å²) < 4.78 is 5.25. The van der Waals surface area contributed by atoms with Gasteiger partial charge in [0.05, 0.1) is 6.61 Å². The van der Waals surface area contributed by atoms with Crippen molar-refractivity contribution < 1.29 is 14.3 Å². The third kappa shape index (κ3) is 4.29. The molecule has 0 radical (unpaired) electrons. The number of carbonyl (C=O) groups is 2. The lowest BCUT2D eigenvalue weighted by Gasteiger charge is -2.20. The monoisotopic (exact) mass is 236 g/mol. The lowest BCUT2D eigenvalue weighted by Crippen LogP contribution is -2.24. The van der Waals surface area contributed by atoms with E-state index in [9.17, 15) is 9.59 Å². The van der Waals surface area contributed by atoms with Crippen LogP contribution in [-0.2, 0) is 14.3 Å². The maximum Gasteiger partial charge on any atom is 0.163 e. The van der Waals surface area contributed by atoms with Gasteiger partial charge in [-0.2, -0.15) is 0 Å². The fourth-order valence-corrected chi connectivity index (χ4v) is 1.59. The Hall–Kier alpha value is -1.18. The third-order valence-corrected chi connectivity index (χ3v) is 3.07. The molecule has 0 saturated carbocycles. The molecule has 17 heavy (non-hydrogen) atoms. The second-order valence-corrected chi connectivity index (χ2v) is 5.39. The predicted molar refractivity (Wildman–Crippen MR) is 65.7 cm³/mol. The van der Waals surface area contributed by atoms with Crippen molar-refractivity contribution in [1.82, 2.24) is 0 Å². The van der Waals surface area contributed by atoms with Crippen LogP contribution in [0.4, 0.5) is 0 Å². The van der Waals surface area contributed by atoms with Gasteiger partial charge >= 0.3 is 0 Å². The molecule has 1 atom stereocenters. The Morgan fingerprint density at radius 3 is 2.41 bits per heavy atom. The van der Waals surface area contributed by atoms with Crippen LogP contribution < -0.4 is 0 Å². The van der Waals surface area contributed by atoms with Gasteiger partial charge < -0.3 is 4.74 Å². The molecule has 0 N–H and O–H groups in total. The van der Waals surface area contributed by atoms with E-state index in [0.717, 1.165) is 12.8 Å². The maximum atomic E-state index is 11.3. The predicted octanol–water partition coefficient (Wildman–Crippen LogP) is 2.45. The highest BCUT2D eigenvalue weighted by Gasteiger charge is 2.49. The van der Waals surface area contributed by atoms with Crippen LogP contribution in [0.1, 0.15) is 40.5 Å². The fourth-order valence-electron chi connectivity index (χ4n) is 1.59. The van der Waals surface area contributed by atoms with Crippen LogP contribution in [0.3, 0.4) is 0 Å². The first-order valence-corrected chi connectivity index (χ1v) is 5.87. The first-order chi connectivity index (χ1) is 7.77. The number of hydrogen-bond acceptors (Lipinski definition) is 3. The number of ketones is 2. The average molecular weight is 236 g/mol. The Balaban J connectivity index is 2.53.